The molecule has 1 N–H and O–H groups in total. The van der Waals surface area contributed by atoms with Crippen molar-refractivity contribution >= 4 is 17.7 Å². The van der Waals surface area contributed by atoms with Gasteiger partial charge in [-0.1, -0.05) is 54.1 Å². The molecule has 0 radical (unpaired) electrons. The summed E-state index contributed by atoms with van der Waals surface area (Å²) in [6.07, 6.45) is 0. The van der Waals surface area contributed by atoms with Crippen molar-refractivity contribution in [3.63, 3.8) is 0 Å². The van der Waals surface area contributed by atoms with Gasteiger partial charge in [-0.05, 0) is 31.9 Å². The molecular formula is C20H20N2O3. The summed E-state index contributed by atoms with van der Waals surface area (Å²) in [5, 5.41) is 2.71. The van der Waals surface area contributed by atoms with E-state index in [1.165, 1.54) is 0 Å². The average molecular weight is 336 g/mol. The molecule has 3 rings (SSSR count). The quantitative estimate of drug-likeness (QED) is 0.689. The number of benzene rings is 2. The van der Waals surface area contributed by atoms with Crippen molar-refractivity contribution in [2.45, 2.75) is 26.3 Å². The van der Waals surface area contributed by atoms with Crippen molar-refractivity contribution in [2.75, 3.05) is 6.54 Å². The van der Waals surface area contributed by atoms with Crippen LogP contribution in [0.3, 0.4) is 0 Å². The van der Waals surface area contributed by atoms with E-state index in [-0.39, 0.29) is 12.3 Å². The standard InChI is InChI=1S/C20H20N2O3/c1-13-9-10-16(14(2)11-13)17(23)12-22-18(24)20(3,21-19(22)25)15-7-5-4-6-8-15/h4-11H,12H2,1-3H3,(H,21,25). The van der Waals surface area contributed by atoms with Crippen LogP contribution in [0.5, 0.6) is 0 Å². The largest absolute Gasteiger partial charge is 0.325 e. The fourth-order valence-corrected chi connectivity index (χ4v) is 3.16. The number of imide groups is 1. The Balaban J connectivity index is 1.85. The van der Waals surface area contributed by atoms with Gasteiger partial charge in [0, 0.05) is 5.56 Å². The number of hydrogen-bond donors (Lipinski definition) is 1. The Morgan fingerprint density at radius 2 is 1.76 bits per heavy atom. The van der Waals surface area contributed by atoms with E-state index >= 15 is 0 Å². The zero-order valence-corrected chi connectivity index (χ0v) is 14.5. The molecule has 2 aromatic rings. The van der Waals surface area contributed by atoms with Crippen LogP contribution in [0, 0.1) is 13.8 Å². The van der Waals surface area contributed by atoms with Crippen LogP contribution in [0.15, 0.2) is 48.5 Å². The first-order valence-corrected chi connectivity index (χ1v) is 8.13. The summed E-state index contributed by atoms with van der Waals surface area (Å²) in [4.78, 5) is 38.7. The van der Waals surface area contributed by atoms with E-state index in [2.05, 4.69) is 5.32 Å². The molecule has 5 nitrogen and oxygen atoms in total. The van der Waals surface area contributed by atoms with Crippen molar-refractivity contribution in [1.82, 2.24) is 10.2 Å². The Kier molecular flexibility index (Phi) is 4.17. The average Bonchev–Trinajstić information content (AvgIpc) is 2.80. The topological polar surface area (TPSA) is 66.5 Å². The lowest BCUT2D eigenvalue weighted by Gasteiger charge is -2.22. The number of hydrogen-bond acceptors (Lipinski definition) is 3. The highest BCUT2D eigenvalue weighted by Crippen LogP contribution is 2.28. The first-order valence-electron chi connectivity index (χ1n) is 8.13. The molecule has 2 aromatic carbocycles. The maximum atomic E-state index is 12.8. The summed E-state index contributed by atoms with van der Waals surface area (Å²) in [6, 6.07) is 14.0. The molecule has 1 fully saturated rings. The van der Waals surface area contributed by atoms with Crippen LogP contribution in [0.25, 0.3) is 0 Å². The highest BCUT2D eigenvalue weighted by atomic mass is 16.2. The SMILES string of the molecule is Cc1ccc(C(=O)CN2C(=O)NC(C)(c3ccccc3)C2=O)c(C)c1. The van der Waals surface area contributed by atoms with E-state index in [4.69, 9.17) is 0 Å². The lowest BCUT2D eigenvalue weighted by molar-refractivity contribution is -0.130. The van der Waals surface area contributed by atoms with Crippen molar-refractivity contribution in [3.05, 3.63) is 70.8 Å². The summed E-state index contributed by atoms with van der Waals surface area (Å²) in [5.74, 6) is -0.667. The summed E-state index contributed by atoms with van der Waals surface area (Å²) in [7, 11) is 0. The fourth-order valence-electron chi connectivity index (χ4n) is 3.16. The molecule has 25 heavy (non-hydrogen) atoms. The molecule has 0 aromatic heterocycles. The van der Waals surface area contributed by atoms with Gasteiger partial charge < -0.3 is 5.32 Å². The molecular weight excluding hydrogens is 316 g/mol. The molecule has 1 saturated heterocycles. The number of amides is 3. The van der Waals surface area contributed by atoms with Gasteiger partial charge in [0.05, 0.1) is 6.54 Å². The van der Waals surface area contributed by atoms with Gasteiger partial charge in [0.25, 0.3) is 5.91 Å². The molecule has 1 heterocycles. The van der Waals surface area contributed by atoms with Gasteiger partial charge in [0.2, 0.25) is 0 Å². The summed E-state index contributed by atoms with van der Waals surface area (Å²) in [6.45, 7) is 5.19. The van der Waals surface area contributed by atoms with Crippen LogP contribution in [0.1, 0.15) is 34.0 Å². The zero-order chi connectivity index (χ0) is 18.2. The Hall–Kier alpha value is -2.95. The second kappa shape index (κ2) is 6.16. The molecule has 0 saturated carbocycles. The van der Waals surface area contributed by atoms with E-state index < -0.39 is 17.5 Å². The van der Waals surface area contributed by atoms with Gasteiger partial charge in [0.1, 0.15) is 5.54 Å². The minimum Gasteiger partial charge on any atom is -0.319 e. The lowest BCUT2D eigenvalue weighted by atomic mass is 9.92. The Morgan fingerprint density at radius 3 is 2.40 bits per heavy atom. The predicted octanol–water partition coefficient (Wildman–Crippen LogP) is 2.95. The third kappa shape index (κ3) is 2.93. The van der Waals surface area contributed by atoms with Gasteiger partial charge >= 0.3 is 6.03 Å². The maximum Gasteiger partial charge on any atom is 0.325 e. The van der Waals surface area contributed by atoms with E-state index in [1.807, 2.05) is 44.2 Å². The molecule has 1 aliphatic heterocycles. The molecule has 128 valence electrons. The highest BCUT2D eigenvalue weighted by molar-refractivity contribution is 6.11. The van der Waals surface area contributed by atoms with Gasteiger partial charge in [0.15, 0.2) is 5.78 Å². The summed E-state index contributed by atoms with van der Waals surface area (Å²) in [5.41, 5.74) is 1.96. The summed E-state index contributed by atoms with van der Waals surface area (Å²) >= 11 is 0. The van der Waals surface area contributed by atoms with Crippen LogP contribution in [-0.2, 0) is 10.3 Å². The van der Waals surface area contributed by atoms with Gasteiger partial charge in [-0.2, -0.15) is 0 Å². The smallest absolute Gasteiger partial charge is 0.319 e. The Morgan fingerprint density at radius 1 is 1.08 bits per heavy atom. The minimum absolute atomic E-state index is 0.252. The number of ketones is 1. The van der Waals surface area contributed by atoms with Crippen molar-refractivity contribution in [1.29, 1.82) is 0 Å². The number of aryl methyl sites for hydroxylation is 2. The monoisotopic (exact) mass is 336 g/mol. The number of carbonyl (C=O) groups excluding carboxylic acids is 3. The second-order valence-corrected chi connectivity index (χ2v) is 6.55. The molecule has 5 heteroatoms. The van der Waals surface area contributed by atoms with Crippen LogP contribution in [-0.4, -0.2) is 29.2 Å². The lowest BCUT2D eigenvalue weighted by Crippen LogP contribution is -2.41. The molecule has 0 bridgehead atoms. The van der Waals surface area contributed by atoms with E-state index in [0.29, 0.717) is 11.1 Å². The predicted molar refractivity (Wildman–Crippen MR) is 94.3 cm³/mol. The Bertz CT molecular complexity index is 860. The zero-order valence-electron chi connectivity index (χ0n) is 14.5. The Labute approximate surface area is 146 Å². The number of urea groups is 1. The fraction of sp³-hybridized carbons (Fsp3) is 0.250. The van der Waals surface area contributed by atoms with Crippen molar-refractivity contribution in [2.24, 2.45) is 0 Å². The van der Waals surface area contributed by atoms with Crippen LogP contribution >= 0.6 is 0 Å². The molecule has 1 aliphatic rings. The number of nitrogens with zero attached hydrogens (tertiary/aromatic N) is 1. The number of Topliss-reactive ketones (excluding diaryl/α,β-unsaturated/α-hetero) is 1. The van der Waals surface area contributed by atoms with E-state index in [1.54, 1.807) is 25.1 Å². The van der Waals surface area contributed by atoms with Gasteiger partial charge in [-0.25, -0.2) is 4.79 Å². The summed E-state index contributed by atoms with van der Waals surface area (Å²) < 4.78 is 0. The second-order valence-electron chi connectivity index (χ2n) is 6.55. The van der Waals surface area contributed by atoms with Crippen LogP contribution in [0.4, 0.5) is 4.79 Å². The molecule has 3 amide bonds. The maximum absolute atomic E-state index is 12.8. The van der Waals surface area contributed by atoms with Crippen LogP contribution in [0.2, 0.25) is 0 Å². The van der Waals surface area contributed by atoms with Crippen molar-refractivity contribution < 1.29 is 14.4 Å². The molecule has 1 unspecified atom stereocenters. The van der Waals surface area contributed by atoms with E-state index in [9.17, 15) is 14.4 Å². The minimum atomic E-state index is -1.15. The first kappa shape index (κ1) is 16.9. The third-order valence-electron chi connectivity index (χ3n) is 4.61. The van der Waals surface area contributed by atoms with Crippen LogP contribution < -0.4 is 5.32 Å². The highest BCUT2D eigenvalue weighted by Gasteiger charge is 2.49. The normalized spacial score (nSPS) is 19.9. The third-order valence-corrected chi connectivity index (χ3v) is 4.61. The molecule has 0 aliphatic carbocycles. The molecule has 1 atom stereocenters. The number of carbonyl (C=O) groups is 3. The van der Waals surface area contributed by atoms with Gasteiger partial charge in [-0.3, -0.25) is 14.5 Å². The van der Waals surface area contributed by atoms with Gasteiger partial charge in [-0.15, -0.1) is 0 Å². The number of rotatable bonds is 4. The number of nitrogens with one attached hydrogen (secondary N) is 1. The van der Waals surface area contributed by atoms with Crippen molar-refractivity contribution in [3.8, 4) is 0 Å². The molecule has 0 spiro atoms. The van der Waals surface area contributed by atoms with E-state index in [0.717, 1.165) is 16.0 Å². The first-order chi connectivity index (χ1) is 11.8.